The van der Waals surface area contributed by atoms with Gasteiger partial charge in [-0.15, -0.1) is 0 Å². The van der Waals surface area contributed by atoms with Crippen LogP contribution in [0.25, 0.3) is 0 Å². The number of aryl methyl sites for hydroxylation is 3. The fourth-order valence-corrected chi connectivity index (χ4v) is 3.64. The summed E-state index contributed by atoms with van der Waals surface area (Å²) >= 11 is 3.65. The van der Waals surface area contributed by atoms with Crippen molar-refractivity contribution in [1.82, 2.24) is 0 Å². The van der Waals surface area contributed by atoms with Gasteiger partial charge in [-0.3, -0.25) is 0 Å². The molecule has 0 N–H and O–H groups in total. The molecule has 0 aliphatic rings. The first-order valence-corrected chi connectivity index (χ1v) is 6.98. The van der Waals surface area contributed by atoms with Crippen molar-refractivity contribution in [2.75, 3.05) is 0 Å². The summed E-state index contributed by atoms with van der Waals surface area (Å²) in [7, 11) is 0. The van der Waals surface area contributed by atoms with E-state index in [0.29, 0.717) is 0 Å². The van der Waals surface area contributed by atoms with Crippen LogP contribution in [-0.2, 0) is 0 Å². The highest BCUT2D eigenvalue weighted by Gasteiger charge is 2.18. The van der Waals surface area contributed by atoms with Crippen molar-refractivity contribution in [2.24, 2.45) is 0 Å². The fraction of sp³-hybridized carbons (Fsp3) is 0.250. The lowest BCUT2D eigenvalue weighted by Gasteiger charge is -2.18. The van der Waals surface area contributed by atoms with Crippen LogP contribution < -0.4 is 0 Å². The lowest BCUT2D eigenvalue weighted by Crippen LogP contribution is -2.02. The van der Waals surface area contributed by atoms with E-state index in [4.69, 9.17) is 0 Å². The predicted molar refractivity (Wildman–Crippen MR) is 77.8 cm³/mol. The van der Waals surface area contributed by atoms with Gasteiger partial charge in [0.2, 0.25) is 0 Å². The topological polar surface area (TPSA) is 0 Å². The van der Waals surface area contributed by atoms with E-state index in [2.05, 4.69) is 15.9 Å². The summed E-state index contributed by atoms with van der Waals surface area (Å²) in [5.74, 6) is -0.470. The Morgan fingerprint density at radius 2 is 1.37 bits per heavy atom. The molecule has 0 saturated carbocycles. The van der Waals surface area contributed by atoms with E-state index in [9.17, 15) is 8.78 Å². The van der Waals surface area contributed by atoms with Crippen LogP contribution in [0.4, 0.5) is 8.78 Å². The molecular weight excluding hydrogens is 310 g/mol. The van der Waals surface area contributed by atoms with Gasteiger partial charge in [0.05, 0.1) is 4.83 Å². The fourth-order valence-electron chi connectivity index (χ4n) is 2.40. The van der Waals surface area contributed by atoms with Crippen LogP contribution in [0.1, 0.15) is 32.6 Å². The zero-order valence-corrected chi connectivity index (χ0v) is 12.7. The minimum atomic E-state index is -0.242. The number of hydrogen-bond donors (Lipinski definition) is 0. The molecule has 19 heavy (non-hydrogen) atoms. The molecule has 0 aliphatic carbocycles. The molecule has 100 valence electrons. The Bertz CT molecular complexity index is 597. The number of rotatable bonds is 2. The SMILES string of the molecule is Cc1cc(F)ccc1C(Br)c1c(C)cc(F)cc1C. The molecule has 0 spiro atoms. The van der Waals surface area contributed by atoms with Crippen molar-refractivity contribution in [3.63, 3.8) is 0 Å². The second kappa shape index (κ2) is 5.41. The smallest absolute Gasteiger partial charge is 0.123 e. The molecule has 2 aromatic carbocycles. The standard InChI is InChI=1S/C16H15BrF2/c1-9-6-12(18)4-5-14(9)16(17)15-10(2)7-13(19)8-11(15)3/h4-8,16H,1-3H3. The van der Waals surface area contributed by atoms with Crippen molar-refractivity contribution in [1.29, 1.82) is 0 Å². The molecule has 0 aromatic heterocycles. The Kier molecular flexibility index (Phi) is 4.04. The third kappa shape index (κ3) is 2.86. The molecular formula is C16H15BrF2. The number of benzene rings is 2. The van der Waals surface area contributed by atoms with Crippen LogP contribution in [0.15, 0.2) is 30.3 Å². The van der Waals surface area contributed by atoms with Gasteiger partial charge in [-0.05, 0) is 72.9 Å². The van der Waals surface area contributed by atoms with Crippen molar-refractivity contribution in [2.45, 2.75) is 25.6 Å². The lowest BCUT2D eigenvalue weighted by molar-refractivity contribution is 0.624. The summed E-state index contributed by atoms with van der Waals surface area (Å²) in [6.45, 7) is 5.65. The number of hydrogen-bond acceptors (Lipinski definition) is 0. The van der Waals surface area contributed by atoms with E-state index in [0.717, 1.165) is 27.8 Å². The largest absolute Gasteiger partial charge is 0.207 e. The van der Waals surface area contributed by atoms with Crippen LogP contribution in [0.2, 0.25) is 0 Å². The minimum Gasteiger partial charge on any atom is -0.207 e. The van der Waals surface area contributed by atoms with E-state index in [1.807, 2.05) is 20.8 Å². The molecule has 3 heteroatoms. The Labute approximate surface area is 120 Å². The molecule has 0 bridgehead atoms. The molecule has 0 aliphatic heterocycles. The first-order valence-electron chi connectivity index (χ1n) is 6.07. The quantitative estimate of drug-likeness (QED) is 0.651. The molecule has 0 saturated heterocycles. The predicted octanol–water partition coefficient (Wildman–Crippen LogP) is 5.37. The van der Waals surface area contributed by atoms with E-state index < -0.39 is 0 Å². The number of alkyl halides is 1. The van der Waals surface area contributed by atoms with Gasteiger partial charge in [0, 0.05) is 0 Å². The Hall–Kier alpha value is -1.22. The molecule has 2 aromatic rings. The highest BCUT2D eigenvalue weighted by Crippen LogP contribution is 2.37. The summed E-state index contributed by atoms with van der Waals surface area (Å²) < 4.78 is 26.5. The molecule has 0 radical (unpaired) electrons. The van der Waals surface area contributed by atoms with Gasteiger partial charge in [-0.25, -0.2) is 8.78 Å². The maximum Gasteiger partial charge on any atom is 0.123 e. The highest BCUT2D eigenvalue weighted by atomic mass is 79.9. The van der Waals surface area contributed by atoms with Crippen LogP contribution in [-0.4, -0.2) is 0 Å². The van der Waals surface area contributed by atoms with Crippen LogP contribution in [0.5, 0.6) is 0 Å². The van der Waals surface area contributed by atoms with Crippen LogP contribution >= 0.6 is 15.9 Å². The highest BCUT2D eigenvalue weighted by molar-refractivity contribution is 9.09. The maximum absolute atomic E-state index is 13.3. The van der Waals surface area contributed by atoms with Gasteiger partial charge < -0.3 is 0 Å². The Morgan fingerprint density at radius 3 is 1.89 bits per heavy atom. The maximum atomic E-state index is 13.3. The monoisotopic (exact) mass is 324 g/mol. The van der Waals surface area contributed by atoms with Crippen LogP contribution in [0.3, 0.4) is 0 Å². The molecule has 0 fully saturated rings. The molecule has 0 heterocycles. The average molecular weight is 325 g/mol. The molecule has 0 amide bonds. The zero-order chi connectivity index (χ0) is 14.2. The van der Waals surface area contributed by atoms with Gasteiger partial charge in [0.1, 0.15) is 11.6 Å². The molecule has 2 rings (SSSR count). The van der Waals surface area contributed by atoms with Gasteiger partial charge >= 0.3 is 0 Å². The molecule has 1 unspecified atom stereocenters. The van der Waals surface area contributed by atoms with E-state index in [1.54, 1.807) is 6.07 Å². The van der Waals surface area contributed by atoms with Gasteiger partial charge in [-0.2, -0.15) is 0 Å². The molecule has 0 nitrogen and oxygen atoms in total. The van der Waals surface area contributed by atoms with E-state index in [-0.39, 0.29) is 16.5 Å². The second-order valence-corrected chi connectivity index (χ2v) is 5.73. The van der Waals surface area contributed by atoms with Gasteiger partial charge in [0.25, 0.3) is 0 Å². The molecule has 1 atom stereocenters. The zero-order valence-electron chi connectivity index (χ0n) is 11.1. The van der Waals surface area contributed by atoms with E-state index >= 15 is 0 Å². The normalized spacial score (nSPS) is 12.5. The first-order chi connectivity index (χ1) is 8.90. The van der Waals surface area contributed by atoms with Crippen molar-refractivity contribution < 1.29 is 8.78 Å². The Balaban J connectivity index is 2.53. The summed E-state index contributed by atoms with van der Waals surface area (Å²) in [4.78, 5) is -0.0614. The van der Waals surface area contributed by atoms with Crippen LogP contribution in [0, 0.1) is 32.4 Å². The summed E-state index contributed by atoms with van der Waals surface area (Å²) in [6.07, 6.45) is 0. The van der Waals surface area contributed by atoms with Crippen molar-refractivity contribution in [3.05, 3.63) is 69.8 Å². The lowest BCUT2D eigenvalue weighted by atomic mass is 9.93. The van der Waals surface area contributed by atoms with Crippen molar-refractivity contribution >= 4 is 15.9 Å². The summed E-state index contributed by atoms with van der Waals surface area (Å²) in [5, 5.41) is 0. The average Bonchev–Trinajstić information content (AvgIpc) is 2.26. The summed E-state index contributed by atoms with van der Waals surface area (Å²) in [6, 6.07) is 7.78. The third-order valence-electron chi connectivity index (χ3n) is 3.32. The number of halogens is 3. The third-order valence-corrected chi connectivity index (χ3v) is 4.27. The van der Waals surface area contributed by atoms with Gasteiger partial charge in [-0.1, -0.05) is 22.0 Å². The minimum absolute atomic E-state index is 0.0614. The Morgan fingerprint density at radius 1 is 0.842 bits per heavy atom. The van der Waals surface area contributed by atoms with E-state index in [1.165, 1.54) is 24.3 Å². The second-order valence-electron chi connectivity index (χ2n) is 4.82. The summed E-state index contributed by atoms with van der Waals surface area (Å²) in [5.41, 5.74) is 4.70. The first kappa shape index (κ1) is 14.2. The van der Waals surface area contributed by atoms with Crippen molar-refractivity contribution in [3.8, 4) is 0 Å². The van der Waals surface area contributed by atoms with Gasteiger partial charge in [0.15, 0.2) is 0 Å².